The molecule has 2 aliphatic heterocycles. The maximum Gasteiger partial charge on any atom is 0.183 e. The van der Waals surface area contributed by atoms with Crippen molar-refractivity contribution < 1.29 is 19.0 Å². The highest BCUT2D eigenvalue weighted by atomic mass is 19.1. The molecule has 0 aliphatic carbocycles. The van der Waals surface area contributed by atoms with Gasteiger partial charge in [-0.3, -0.25) is 0 Å². The molecular weight excluding hydrogens is 205 g/mol. The van der Waals surface area contributed by atoms with Crippen molar-refractivity contribution in [1.29, 1.82) is 0 Å². The van der Waals surface area contributed by atoms with Crippen molar-refractivity contribution >= 4 is 5.84 Å². The van der Waals surface area contributed by atoms with E-state index in [1.54, 1.807) is 0 Å². The van der Waals surface area contributed by atoms with E-state index in [-0.39, 0.29) is 25.7 Å². The quantitative estimate of drug-likeness (QED) is 0.627. The van der Waals surface area contributed by atoms with Crippen LogP contribution >= 0.6 is 0 Å². The van der Waals surface area contributed by atoms with Gasteiger partial charge in [0.15, 0.2) is 24.2 Å². The van der Waals surface area contributed by atoms with E-state index in [1.807, 2.05) is 0 Å². The number of nitrogens with two attached hydrogens (primary N) is 1. The lowest BCUT2D eigenvalue weighted by atomic mass is 10.4. The van der Waals surface area contributed by atoms with Gasteiger partial charge >= 0.3 is 0 Å². The number of nitrogens with zero attached hydrogens (tertiary/aromatic N) is 2. The van der Waals surface area contributed by atoms with Crippen LogP contribution in [0.3, 0.4) is 0 Å². The Morgan fingerprint density at radius 1 is 1.73 bits per heavy atom. The summed E-state index contributed by atoms with van der Waals surface area (Å²) in [7, 11) is 0. The SMILES string of the molecule is NC1=NCN([C@H]2CO[C@@H](CO)O2)C=C1F. The number of aliphatic imine (C=N–C) groups is 1. The van der Waals surface area contributed by atoms with Gasteiger partial charge in [-0.15, -0.1) is 0 Å². The minimum absolute atomic E-state index is 0.108. The molecule has 1 fully saturated rings. The average Bonchev–Trinajstić information content (AvgIpc) is 2.70. The lowest BCUT2D eigenvalue weighted by Crippen LogP contribution is -2.37. The molecule has 0 bridgehead atoms. The number of aliphatic hydroxyl groups excluding tert-OH is 1. The van der Waals surface area contributed by atoms with E-state index in [0.29, 0.717) is 0 Å². The summed E-state index contributed by atoms with van der Waals surface area (Å²) in [5.41, 5.74) is 5.26. The van der Waals surface area contributed by atoms with Gasteiger partial charge in [-0.1, -0.05) is 0 Å². The van der Waals surface area contributed by atoms with Crippen LogP contribution in [0.25, 0.3) is 0 Å². The van der Waals surface area contributed by atoms with Gasteiger partial charge in [-0.25, -0.2) is 9.38 Å². The third-order valence-corrected chi connectivity index (χ3v) is 2.18. The molecule has 84 valence electrons. The summed E-state index contributed by atoms with van der Waals surface area (Å²) >= 11 is 0. The number of amidine groups is 1. The first kappa shape index (κ1) is 10.3. The first-order valence-electron chi connectivity index (χ1n) is 4.52. The molecule has 0 amide bonds. The number of ether oxygens (including phenoxy) is 2. The van der Waals surface area contributed by atoms with E-state index in [0.717, 1.165) is 0 Å². The number of aliphatic hydroxyl groups is 1. The number of halogens is 1. The monoisotopic (exact) mass is 217 g/mol. The molecule has 2 atom stereocenters. The largest absolute Gasteiger partial charge is 0.391 e. The second kappa shape index (κ2) is 4.13. The highest BCUT2D eigenvalue weighted by Crippen LogP contribution is 2.18. The van der Waals surface area contributed by atoms with E-state index in [2.05, 4.69) is 4.99 Å². The summed E-state index contributed by atoms with van der Waals surface area (Å²) in [6.45, 7) is 0.276. The van der Waals surface area contributed by atoms with Crippen LogP contribution in [0.5, 0.6) is 0 Å². The third-order valence-electron chi connectivity index (χ3n) is 2.18. The van der Waals surface area contributed by atoms with E-state index < -0.39 is 18.3 Å². The van der Waals surface area contributed by atoms with Crippen LogP contribution in [0, 0.1) is 0 Å². The summed E-state index contributed by atoms with van der Waals surface area (Å²) in [6, 6.07) is 0. The van der Waals surface area contributed by atoms with Crippen LogP contribution in [0.4, 0.5) is 4.39 Å². The summed E-state index contributed by atoms with van der Waals surface area (Å²) in [4.78, 5) is 5.30. The van der Waals surface area contributed by atoms with Gasteiger partial charge in [0.25, 0.3) is 0 Å². The molecule has 7 heteroatoms. The number of hydrogen-bond acceptors (Lipinski definition) is 6. The van der Waals surface area contributed by atoms with Crippen LogP contribution in [-0.2, 0) is 9.47 Å². The Balaban J connectivity index is 1.97. The minimum Gasteiger partial charge on any atom is -0.391 e. The smallest absolute Gasteiger partial charge is 0.183 e. The Bertz CT molecular complexity index is 308. The fraction of sp³-hybridized carbons (Fsp3) is 0.625. The van der Waals surface area contributed by atoms with Crippen molar-refractivity contribution in [3.05, 3.63) is 12.0 Å². The van der Waals surface area contributed by atoms with Gasteiger partial charge in [0.05, 0.1) is 13.2 Å². The minimum atomic E-state index is -0.644. The second-order valence-corrected chi connectivity index (χ2v) is 3.21. The van der Waals surface area contributed by atoms with E-state index in [1.165, 1.54) is 11.1 Å². The van der Waals surface area contributed by atoms with Gasteiger partial charge in [0.2, 0.25) is 0 Å². The molecule has 0 aromatic carbocycles. The average molecular weight is 217 g/mol. The zero-order chi connectivity index (χ0) is 10.8. The van der Waals surface area contributed by atoms with E-state index in [9.17, 15) is 4.39 Å². The van der Waals surface area contributed by atoms with Crippen molar-refractivity contribution in [2.75, 3.05) is 19.9 Å². The molecule has 6 nitrogen and oxygen atoms in total. The van der Waals surface area contributed by atoms with Crippen LogP contribution in [0.15, 0.2) is 17.0 Å². The fourth-order valence-corrected chi connectivity index (χ4v) is 1.37. The van der Waals surface area contributed by atoms with Gasteiger partial charge in [-0.2, -0.15) is 0 Å². The standard InChI is InChI=1S/C8H12FN3O3/c9-5-1-12(4-11-8(5)10)6-3-14-7(2-13)15-6/h1,6-7,13H,2-4H2,(H2,10,11)/t6-,7-/m1/s1. The Kier molecular flexibility index (Phi) is 2.85. The highest BCUT2D eigenvalue weighted by Gasteiger charge is 2.30. The van der Waals surface area contributed by atoms with Crippen LogP contribution in [-0.4, -0.2) is 48.2 Å². The zero-order valence-corrected chi connectivity index (χ0v) is 7.97. The maximum atomic E-state index is 13.1. The molecule has 0 radical (unpaired) electrons. The highest BCUT2D eigenvalue weighted by molar-refractivity contribution is 5.95. The van der Waals surface area contributed by atoms with Gasteiger partial charge in [0, 0.05) is 6.20 Å². The molecule has 15 heavy (non-hydrogen) atoms. The van der Waals surface area contributed by atoms with Crippen molar-refractivity contribution in [3.8, 4) is 0 Å². The van der Waals surface area contributed by atoms with Crippen LogP contribution in [0.2, 0.25) is 0 Å². The predicted octanol–water partition coefficient (Wildman–Crippen LogP) is -0.881. The second-order valence-electron chi connectivity index (χ2n) is 3.21. The first-order chi connectivity index (χ1) is 7.20. The lowest BCUT2D eigenvalue weighted by molar-refractivity contribution is -0.107. The molecule has 2 aliphatic rings. The molecular formula is C8H12FN3O3. The number of rotatable bonds is 2. The summed E-state index contributed by atoms with van der Waals surface area (Å²) < 4.78 is 23.4. The molecule has 1 saturated heterocycles. The third kappa shape index (κ3) is 2.09. The zero-order valence-electron chi connectivity index (χ0n) is 7.97. The molecule has 2 rings (SSSR count). The van der Waals surface area contributed by atoms with E-state index >= 15 is 0 Å². The fourth-order valence-electron chi connectivity index (χ4n) is 1.37. The summed E-state index contributed by atoms with van der Waals surface area (Å²) in [5, 5.41) is 8.77. The normalized spacial score (nSPS) is 31.5. The topological polar surface area (TPSA) is 80.3 Å². The first-order valence-corrected chi connectivity index (χ1v) is 4.52. The van der Waals surface area contributed by atoms with Gasteiger partial charge in [0.1, 0.15) is 6.67 Å². The Morgan fingerprint density at radius 3 is 3.13 bits per heavy atom. The van der Waals surface area contributed by atoms with Crippen molar-refractivity contribution in [1.82, 2.24) is 4.90 Å². The molecule has 3 N–H and O–H groups in total. The lowest BCUT2D eigenvalue weighted by Gasteiger charge is -2.26. The Morgan fingerprint density at radius 2 is 2.53 bits per heavy atom. The van der Waals surface area contributed by atoms with Gasteiger partial charge < -0.3 is 25.2 Å². The van der Waals surface area contributed by atoms with Crippen LogP contribution in [0.1, 0.15) is 0 Å². The molecule has 0 saturated carbocycles. The molecule has 2 heterocycles. The predicted molar refractivity (Wildman–Crippen MR) is 49.2 cm³/mol. The van der Waals surface area contributed by atoms with Crippen molar-refractivity contribution in [2.24, 2.45) is 10.7 Å². The van der Waals surface area contributed by atoms with Crippen molar-refractivity contribution in [3.63, 3.8) is 0 Å². The Hall–Kier alpha value is -1.18. The molecule has 0 aromatic heterocycles. The van der Waals surface area contributed by atoms with Crippen molar-refractivity contribution in [2.45, 2.75) is 12.5 Å². The van der Waals surface area contributed by atoms with Gasteiger partial charge in [-0.05, 0) is 0 Å². The number of hydrogen-bond donors (Lipinski definition) is 2. The summed E-state index contributed by atoms with van der Waals surface area (Å²) in [6.07, 6.45) is 0.162. The molecule has 0 aromatic rings. The van der Waals surface area contributed by atoms with E-state index in [4.69, 9.17) is 20.3 Å². The molecule has 0 spiro atoms. The molecule has 0 unspecified atom stereocenters. The van der Waals surface area contributed by atoms with Crippen LogP contribution < -0.4 is 5.73 Å². The Labute approximate surface area is 85.8 Å². The maximum absolute atomic E-state index is 13.1. The summed E-state index contributed by atoms with van der Waals surface area (Å²) in [5.74, 6) is -0.693.